The van der Waals surface area contributed by atoms with Crippen molar-refractivity contribution in [2.75, 3.05) is 17.7 Å². The normalized spacial score (nSPS) is 12.3. The van der Waals surface area contributed by atoms with Crippen LogP contribution in [0.15, 0.2) is 48.5 Å². The van der Waals surface area contributed by atoms with Crippen LogP contribution in [0, 0.1) is 0 Å². The quantitative estimate of drug-likeness (QED) is 0.596. The molecule has 3 amide bonds. The van der Waals surface area contributed by atoms with E-state index in [-0.39, 0.29) is 0 Å². The van der Waals surface area contributed by atoms with Gasteiger partial charge in [0.1, 0.15) is 11.8 Å². The van der Waals surface area contributed by atoms with Crippen molar-refractivity contribution in [3.8, 4) is 5.75 Å². The predicted octanol–water partition coefficient (Wildman–Crippen LogP) is 3.43. The first-order chi connectivity index (χ1) is 13.8. The van der Waals surface area contributed by atoms with Gasteiger partial charge in [0.25, 0.3) is 5.91 Å². The molecule has 0 radical (unpaired) electrons. The molecule has 3 N–H and O–H groups in total. The van der Waals surface area contributed by atoms with Gasteiger partial charge in [-0.05, 0) is 44.2 Å². The fraction of sp³-hybridized carbons (Fsp3) is 0.250. The third-order valence-corrected chi connectivity index (χ3v) is 4.11. The molecular formula is C20H22ClN3O5. The zero-order valence-electron chi connectivity index (χ0n) is 16.2. The average molecular weight is 420 g/mol. The summed E-state index contributed by atoms with van der Waals surface area (Å²) >= 11 is 6.02. The third kappa shape index (κ3) is 6.69. The smallest absolute Gasteiger partial charge is 0.329 e. The Hall–Kier alpha value is -3.26. The highest BCUT2D eigenvalue weighted by Crippen LogP contribution is 2.27. The Balaban J connectivity index is 1.84. The SMILES string of the molecule is COc1ccc(NC(=O)[C@H](C)OC(=O)[C@H](C)NC(=O)Nc2ccccc2)cc1Cl. The van der Waals surface area contributed by atoms with Crippen LogP contribution in [-0.4, -0.2) is 37.2 Å². The van der Waals surface area contributed by atoms with Crippen molar-refractivity contribution in [1.82, 2.24) is 5.32 Å². The van der Waals surface area contributed by atoms with Gasteiger partial charge in [-0.1, -0.05) is 29.8 Å². The van der Waals surface area contributed by atoms with E-state index in [1.165, 1.54) is 27.0 Å². The van der Waals surface area contributed by atoms with Gasteiger partial charge in [-0.2, -0.15) is 0 Å². The summed E-state index contributed by atoms with van der Waals surface area (Å²) in [5.74, 6) is -0.818. The van der Waals surface area contributed by atoms with E-state index >= 15 is 0 Å². The van der Waals surface area contributed by atoms with Gasteiger partial charge in [0.2, 0.25) is 0 Å². The maximum atomic E-state index is 12.2. The molecule has 29 heavy (non-hydrogen) atoms. The van der Waals surface area contributed by atoms with Crippen LogP contribution < -0.4 is 20.7 Å². The second-order valence-electron chi connectivity index (χ2n) is 6.10. The maximum Gasteiger partial charge on any atom is 0.329 e. The van der Waals surface area contributed by atoms with Gasteiger partial charge in [-0.15, -0.1) is 0 Å². The fourth-order valence-corrected chi connectivity index (χ4v) is 2.52. The molecule has 0 unspecified atom stereocenters. The lowest BCUT2D eigenvalue weighted by atomic mass is 10.2. The van der Waals surface area contributed by atoms with Crippen LogP contribution in [0.2, 0.25) is 5.02 Å². The second kappa shape index (κ2) is 10.3. The van der Waals surface area contributed by atoms with Crippen molar-refractivity contribution in [3.05, 3.63) is 53.6 Å². The van der Waals surface area contributed by atoms with Crippen LogP contribution in [0.3, 0.4) is 0 Å². The van der Waals surface area contributed by atoms with E-state index in [0.29, 0.717) is 22.1 Å². The van der Waals surface area contributed by atoms with Gasteiger partial charge in [0.05, 0.1) is 12.1 Å². The van der Waals surface area contributed by atoms with Crippen LogP contribution in [0.4, 0.5) is 16.2 Å². The molecule has 2 aromatic rings. The number of nitrogens with one attached hydrogen (secondary N) is 3. The summed E-state index contributed by atoms with van der Waals surface area (Å²) < 4.78 is 10.2. The highest BCUT2D eigenvalue weighted by molar-refractivity contribution is 6.32. The van der Waals surface area contributed by atoms with Crippen LogP contribution in [-0.2, 0) is 14.3 Å². The standard InChI is InChI=1S/C20H22ClN3O5/c1-12(22-20(27)24-14-7-5-4-6-8-14)19(26)29-13(2)18(25)23-15-9-10-17(28-3)16(21)11-15/h4-13H,1-3H3,(H,23,25)(H2,22,24,27)/t12-,13-/m0/s1. The highest BCUT2D eigenvalue weighted by Gasteiger charge is 2.23. The number of carbonyl (C=O) groups excluding carboxylic acids is 3. The molecule has 0 spiro atoms. The molecule has 154 valence electrons. The number of hydrogen-bond donors (Lipinski definition) is 3. The number of urea groups is 1. The molecule has 0 fully saturated rings. The lowest BCUT2D eigenvalue weighted by Crippen LogP contribution is -2.44. The highest BCUT2D eigenvalue weighted by atomic mass is 35.5. The largest absolute Gasteiger partial charge is 0.495 e. The summed E-state index contributed by atoms with van der Waals surface area (Å²) in [4.78, 5) is 36.3. The van der Waals surface area contributed by atoms with Gasteiger partial charge < -0.3 is 25.4 Å². The first-order valence-corrected chi connectivity index (χ1v) is 9.15. The van der Waals surface area contributed by atoms with E-state index < -0.39 is 30.1 Å². The van der Waals surface area contributed by atoms with Crippen molar-refractivity contribution in [3.63, 3.8) is 0 Å². The Morgan fingerprint density at radius 1 is 0.966 bits per heavy atom. The molecule has 2 aromatic carbocycles. The summed E-state index contributed by atoms with van der Waals surface area (Å²) in [5.41, 5.74) is 1.01. The molecule has 0 bridgehead atoms. The zero-order valence-corrected chi connectivity index (χ0v) is 16.9. The maximum absolute atomic E-state index is 12.2. The molecule has 0 heterocycles. The topological polar surface area (TPSA) is 106 Å². The molecule has 0 saturated carbocycles. The number of rotatable bonds is 7. The van der Waals surface area contributed by atoms with Crippen molar-refractivity contribution in [1.29, 1.82) is 0 Å². The van der Waals surface area contributed by atoms with E-state index in [1.807, 2.05) is 6.07 Å². The minimum absolute atomic E-state index is 0.331. The Labute approximate surface area is 173 Å². The number of anilines is 2. The summed E-state index contributed by atoms with van der Waals surface area (Å²) in [5, 5.41) is 7.97. The zero-order chi connectivity index (χ0) is 21.4. The summed E-state index contributed by atoms with van der Waals surface area (Å²) in [6, 6.07) is 12.0. The van der Waals surface area contributed by atoms with Crippen LogP contribution in [0.5, 0.6) is 5.75 Å². The Morgan fingerprint density at radius 2 is 1.66 bits per heavy atom. The Bertz CT molecular complexity index is 876. The number of amides is 3. The Kier molecular flexibility index (Phi) is 7.85. The first-order valence-electron chi connectivity index (χ1n) is 8.77. The van der Waals surface area contributed by atoms with Crippen LogP contribution in [0.25, 0.3) is 0 Å². The van der Waals surface area contributed by atoms with E-state index in [2.05, 4.69) is 16.0 Å². The lowest BCUT2D eigenvalue weighted by molar-refractivity contribution is -0.154. The number of esters is 1. The van der Waals surface area contributed by atoms with Gasteiger partial charge in [0, 0.05) is 11.4 Å². The minimum Gasteiger partial charge on any atom is -0.495 e. The van der Waals surface area contributed by atoms with Gasteiger partial charge in [0.15, 0.2) is 6.10 Å². The molecule has 0 aromatic heterocycles. The number of halogens is 1. The summed E-state index contributed by atoms with van der Waals surface area (Å²) in [6.45, 7) is 2.88. The van der Waals surface area contributed by atoms with E-state index in [0.717, 1.165) is 0 Å². The summed E-state index contributed by atoms with van der Waals surface area (Å²) in [7, 11) is 1.48. The molecule has 8 nitrogen and oxygen atoms in total. The molecule has 0 aliphatic carbocycles. The Morgan fingerprint density at radius 3 is 2.28 bits per heavy atom. The van der Waals surface area contributed by atoms with Gasteiger partial charge >= 0.3 is 12.0 Å². The first kappa shape index (κ1) is 22.0. The van der Waals surface area contributed by atoms with Crippen LogP contribution >= 0.6 is 11.6 Å². The minimum atomic E-state index is -1.08. The number of benzene rings is 2. The van der Waals surface area contributed by atoms with E-state index in [4.69, 9.17) is 21.1 Å². The summed E-state index contributed by atoms with van der Waals surface area (Å²) in [6.07, 6.45) is -1.08. The van der Waals surface area contributed by atoms with E-state index in [9.17, 15) is 14.4 Å². The molecule has 0 aliphatic heterocycles. The van der Waals surface area contributed by atoms with Crippen molar-refractivity contribution in [2.24, 2.45) is 0 Å². The van der Waals surface area contributed by atoms with Gasteiger partial charge in [-0.3, -0.25) is 4.79 Å². The molecule has 2 rings (SSSR count). The number of carbonyl (C=O) groups is 3. The molecule has 2 atom stereocenters. The molecular weight excluding hydrogens is 398 g/mol. The fourth-order valence-electron chi connectivity index (χ4n) is 2.26. The molecule has 0 aliphatic rings. The molecule has 9 heteroatoms. The van der Waals surface area contributed by atoms with Crippen molar-refractivity contribution >= 4 is 40.9 Å². The predicted molar refractivity (Wildman–Crippen MR) is 110 cm³/mol. The average Bonchev–Trinajstić information content (AvgIpc) is 2.68. The third-order valence-electron chi connectivity index (χ3n) is 3.81. The van der Waals surface area contributed by atoms with Crippen molar-refractivity contribution in [2.45, 2.75) is 26.0 Å². The van der Waals surface area contributed by atoms with Gasteiger partial charge in [-0.25, -0.2) is 9.59 Å². The number of hydrogen-bond acceptors (Lipinski definition) is 5. The lowest BCUT2D eigenvalue weighted by Gasteiger charge is -2.18. The number of methoxy groups -OCH3 is 1. The number of ether oxygens (including phenoxy) is 2. The second-order valence-corrected chi connectivity index (χ2v) is 6.51. The number of para-hydroxylation sites is 1. The molecule has 0 saturated heterocycles. The van der Waals surface area contributed by atoms with Crippen molar-refractivity contribution < 1.29 is 23.9 Å². The van der Waals surface area contributed by atoms with Crippen LogP contribution in [0.1, 0.15) is 13.8 Å². The van der Waals surface area contributed by atoms with E-state index in [1.54, 1.807) is 36.4 Å². The monoisotopic (exact) mass is 419 g/mol.